The fourth-order valence-corrected chi connectivity index (χ4v) is 12.3. The van der Waals surface area contributed by atoms with E-state index < -0.39 is 17.2 Å². The second-order valence-corrected chi connectivity index (χ2v) is 16.6. The maximum Gasteiger partial charge on any atom is 0.300 e. The van der Waals surface area contributed by atoms with E-state index in [0.717, 1.165) is 90.4 Å². The van der Waals surface area contributed by atoms with Crippen molar-refractivity contribution in [3.63, 3.8) is 0 Å². The molecule has 0 unspecified atom stereocenters. The molecule has 4 N–H and O–H groups in total. The number of phenolic OH excluding ortho intramolecular Hbond substituents is 1. The van der Waals surface area contributed by atoms with Crippen LogP contribution in [-0.2, 0) is 16.0 Å². The Balaban J connectivity index is 0.000000151. The van der Waals surface area contributed by atoms with Crippen LogP contribution in [-0.4, -0.2) is 43.4 Å². The maximum absolute atomic E-state index is 11.7. The number of terminal acetylenes is 2. The van der Waals surface area contributed by atoms with E-state index in [1.54, 1.807) is 0 Å². The van der Waals surface area contributed by atoms with Crippen LogP contribution in [0.15, 0.2) is 29.8 Å². The molecule has 0 radical (unpaired) electrons. The Kier molecular flexibility index (Phi) is 9.19. The molecule has 5 saturated carbocycles. The van der Waals surface area contributed by atoms with Crippen molar-refractivity contribution in [2.75, 3.05) is 0 Å². The summed E-state index contributed by atoms with van der Waals surface area (Å²) in [4.78, 5) is 20.7. The van der Waals surface area contributed by atoms with Crippen LogP contribution in [0.4, 0.5) is 0 Å². The van der Waals surface area contributed by atoms with Crippen LogP contribution in [0.25, 0.3) is 0 Å². The molecule has 7 aliphatic rings. The number of aliphatic hydroxyl groups is 2. The minimum Gasteiger partial charge on any atom is -0.508 e. The summed E-state index contributed by atoms with van der Waals surface area (Å²) in [6.07, 6.45) is 27.5. The lowest BCUT2D eigenvalue weighted by Crippen LogP contribution is -2.52. The minimum atomic E-state index is -0.919. The lowest BCUT2D eigenvalue weighted by molar-refractivity contribution is -0.134. The number of carbonyl (C=O) groups excluding carboxylic acids is 1. The number of phenols is 1. The highest BCUT2D eigenvalue weighted by atomic mass is 16.4. The van der Waals surface area contributed by atoms with Crippen LogP contribution in [0.5, 0.6) is 5.75 Å². The van der Waals surface area contributed by atoms with E-state index >= 15 is 0 Å². The molecule has 0 bridgehead atoms. The molecule has 0 aliphatic heterocycles. The van der Waals surface area contributed by atoms with Crippen molar-refractivity contribution in [1.29, 1.82) is 0 Å². The molecule has 11 atom stereocenters. The van der Waals surface area contributed by atoms with Gasteiger partial charge in [0.15, 0.2) is 5.78 Å². The van der Waals surface area contributed by atoms with Gasteiger partial charge in [-0.25, -0.2) is 0 Å². The van der Waals surface area contributed by atoms with E-state index in [0.29, 0.717) is 53.0 Å². The molecule has 7 aliphatic carbocycles. The van der Waals surface area contributed by atoms with Crippen molar-refractivity contribution < 1.29 is 30.0 Å². The summed E-state index contributed by atoms with van der Waals surface area (Å²) in [6, 6.07) is 5.87. The minimum absolute atomic E-state index is 0.103. The van der Waals surface area contributed by atoms with Crippen molar-refractivity contribution >= 4 is 11.8 Å². The number of carboxylic acids is 1. The highest BCUT2D eigenvalue weighted by molar-refractivity contribution is 5.91. The number of aromatic hydroxyl groups is 1. The molecular formula is C42H54O6. The number of aliphatic carboxylic acids is 1. The predicted molar refractivity (Wildman–Crippen MR) is 186 cm³/mol. The van der Waals surface area contributed by atoms with Gasteiger partial charge in [-0.3, -0.25) is 9.59 Å². The third-order valence-corrected chi connectivity index (χ3v) is 14.8. The van der Waals surface area contributed by atoms with Crippen LogP contribution in [0.3, 0.4) is 0 Å². The molecule has 6 heteroatoms. The van der Waals surface area contributed by atoms with Gasteiger partial charge in [0, 0.05) is 24.2 Å². The lowest BCUT2D eigenvalue weighted by Gasteiger charge is -2.54. The zero-order chi connectivity index (χ0) is 34.6. The summed E-state index contributed by atoms with van der Waals surface area (Å²) in [5.74, 6) is 9.64. The average molecular weight is 655 g/mol. The first kappa shape index (κ1) is 34.8. The van der Waals surface area contributed by atoms with Crippen LogP contribution in [0.2, 0.25) is 0 Å². The van der Waals surface area contributed by atoms with Crippen molar-refractivity contribution in [3.05, 3.63) is 41.0 Å². The van der Waals surface area contributed by atoms with Crippen LogP contribution in [0.1, 0.15) is 121 Å². The van der Waals surface area contributed by atoms with Gasteiger partial charge < -0.3 is 20.4 Å². The van der Waals surface area contributed by atoms with Gasteiger partial charge in [0.05, 0.1) is 0 Å². The van der Waals surface area contributed by atoms with Gasteiger partial charge in [0.1, 0.15) is 17.0 Å². The molecule has 0 aromatic heterocycles. The van der Waals surface area contributed by atoms with Crippen molar-refractivity contribution in [1.82, 2.24) is 0 Å². The first-order valence-electron chi connectivity index (χ1n) is 18.3. The first-order valence-corrected chi connectivity index (χ1v) is 18.3. The number of benzene rings is 1. The van der Waals surface area contributed by atoms with Crippen molar-refractivity contribution in [2.45, 2.75) is 128 Å². The van der Waals surface area contributed by atoms with Crippen molar-refractivity contribution in [2.24, 2.45) is 46.3 Å². The number of allylic oxidation sites excluding steroid dienone is 1. The Morgan fingerprint density at radius 3 is 1.98 bits per heavy atom. The molecule has 8 rings (SSSR count). The second-order valence-electron chi connectivity index (χ2n) is 16.6. The fourth-order valence-electron chi connectivity index (χ4n) is 12.3. The summed E-state index contributed by atoms with van der Waals surface area (Å²) >= 11 is 0. The Morgan fingerprint density at radius 2 is 1.35 bits per heavy atom. The summed E-state index contributed by atoms with van der Waals surface area (Å²) in [5, 5.41) is 39.0. The smallest absolute Gasteiger partial charge is 0.300 e. The zero-order valence-corrected chi connectivity index (χ0v) is 29.0. The van der Waals surface area contributed by atoms with E-state index in [2.05, 4.69) is 31.8 Å². The maximum atomic E-state index is 11.7. The highest BCUT2D eigenvalue weighted by Gasteiger charge is 2.62. The van der Waals surface area contributed by atoms with Crippen LogP contribution in [0, 0.1) is 71.0 Å². The topological polar surface area (TPSA) is 115 Å². The normalized spacial score (nSPS) is 43.3. The van der Waals surface area contributed by atoms with Gasteiger partial charge in [-0.1, -0.05) is 37.3 Å². The molecule has 0 saturated heterocycles. The van der Waals surface area contributed by atoms with Crippen molar-refractivity contribution in [3.8, 4) is 30.4 Å². The highest BCUT2D eigenvalue weighted by Crippen LogP contribution is 2.66. The Hall–Kier alpha value is -3.06. The number of rotatable bonds is 0. The van der Waals surface area contributed by atoms with Gasteiger partial charge in [-0.15, -0.1) is 12.8 Å². The predicted octanol–water partition coefficient (Wildman–Crippen LogP) is 7.20. The summed E-state index contributed by atoms with van der Waals surface area (Å²) in [7, 11) is 0. The zero-order valence-electron chi connectivity index (χ0n) is 29.0. The number of aryl methyl sites for hydroxylation is 1. The number of ketones is 1. The number of carbonyl (C=O) groups is 2. The summed E-state index contributed by atoms with van der Waals surface area (Å²) in [5.41, 5.74) is 2.11. The number of carboxylic acid groups (broad SMARTS) is 1. The first-order chi connectivity index (χ1) is 22.7. The van der Waals surface area contributed by atoms with Gasteiger partial charge in [0.25, 0.3) is 5.97 Å². The number of hydrogen-bond donors (Lipinski definition) is 4. The van der Waals surface area contributed by atoms with Gasteiger partial charge in [0.2, 0.25) is 0 Å². The quantitative estimate of drug-likeness (QED) is 0.220. The number of hydrogen-bond acceptors (Lipinski definition) is 5. The molecule has 48 heavy (non-hydrogen) atoms. The molecule has 5 fully saturated rings. The summed E-state index contributed by atoms with van der Waals surface area (Å²) < 4.78 is 0. The van der Waals surface area contributed by atoms with E-state index in [1.807, 2.05) is 18.2 Å². The molecule has 258 valence electrons. The van der Waals surface area contributed by atoms with E-state index in [1.165, 1.54) is 23.1 Å². The SMILES string of the molecule is C#C[C@]1(O)CC[C@H]2[C@@H]3CCC4=CC(=O)CC[C@@H]4[C@H]3CC[C@@]21C.C#C[C@]1(O)CC[C@H]2[C@@H]3CCc4cc(O)ccc4[C@H]3CC[C@@]21C.CC(=O)O. The monoisotopic (exact) mass is 654 g/mol. The lowest BCUT2D eigenvalue weighted by atomic mass is 9.50. The standard InChI is InChI=1S/C20H26O2.C20H24O2.C2H4O2/c2*1-3-20(22)11-9-18-17-6-4-13-12-14(21)5-7-15(13)16(17)8-10-19(18,20)2;1-2(3)4/h1,12,15-18,22H,4-11H2,2H3;1,5,7,12,16-18,21-22H,4,6,8-11H2,2H3;1H3,(H,3,4)/t15-,16+,17+,18-,19-,20-;16-,17-,18+,19+,20+;/m01./s1. The third kappa shape index (κ3) is 5.52. The van der Waals surface area contributed by atoms with E-state index in [-0.39, 0.29) is 10.8 Å². The molecular weight excluding hydrogens is 600 g/mol. The Morgan fingerprint density at radius 1 is 0.771 bits per heavy atom. The molecule has 6 nitrogen and oxygen atoms in total. The molecule has 0 amide bonds. The third-order valence-electron chi connectivity index (χ3n) is 14.8. The number of fused-ring (bicyclic) bond motifs is 10. The average Bonchev–Trinajstić information content (AvgIpc) is 3.49. The van der Waals surface area contributed by atoms with Gasteiger partial charge in [-0.2, -0.15) is 0 Å². The van der Waals surface area contributed by atoms with Crippen LogP contribution < -0.4 is 0 Å². The second kappa shape index (κ2) is 12.7. The molecule has 0 heterocycles. The Labute approximate surface area is 286 Å². The molecule has 0 spiro atoms. The molecule has 1 aromatic carbocycles. The van der Waals surface area contributed by atoms with Gasteiger partial charge in [-0.05, 0) is 154 Å². The summed E-state index contributed by atoms with van der Waals surface area (Å²) in [6.45, 7) is 5.53. The Bertz CT molecular complexity index is 1560. The largest absolute Gasteiger partial charge is 0.508 e. The molecule has 1 aromatic rings. The van der Waals surface area contributed by atoms with Gasteiger partial charge >= 0.3 is 0 Å². The fraction of sp³-hybridized carbons (Fsp3) is 0.667. The van der Waals surface area contributed by atoms with Crippen LogP contribution >= 0.6 is 0 Å². The van der Waals surface area contributed by atoms with E-state index in [9.17, 15) is 20.1 Å². The van der Waals surface area contributed by atoms with E-state index in [4.69, 9.17) is 22.7 Å².